The second-order valence-corrected chi connectivity index (χ2v) is 7.89. The molecule has 3 heterocycles. The van der Waals surface area contributed by atoms with Gasteiger partial charge < -0.3 is 20.1 Å². The molecule has 0 radical (unpaired) electrons. The van der Waals surface area contributed by atoms with Crippen molar-refractivity contribution in [1.29, 1.82) is 0 Å². The predicted molar refractivity (Wildman–Crippen MR) is 110 cm³/mol. The molecular weight excluding hydrogens is 352 g/mol. The van der Waals surface area contributed by atoms with Crippen LogP contribution in [0, 0.1) is 12.8 Å². The third-order valence-electron chi connectivity index (χ3n) is 5.71. The van der Waals surface area contributed by atoms with Crippen molar-refractivity contribution in [2.24, 2.45) is 5.92 Å². The van der Waals surface area contributed by atoms with Gasteiger partial charge in [0.1, 0.15) is 24.0 Å². The Morgan fingerprint density at radius 2 is 2.18 bits per heavy atom. The molecule has 0 saturated carbocycles. The van der Waals surface area contributed by atoms with Gasteiger partial charge in [0.2, 0.25) is 0 Å². The molecule has 2 aromatic rings. The number of nitrogens with one attached hydrogen (secondary N) is 1. The SMILES string of the molecule is Cc1nc2c(c(NCCCN3CCCC(CO)C3)n1)Cc1ccccc1OC2. The Labute approximate surface area is 167 Å². The third-order valence-corrected chi connectivity index (χ3v) is 5.71. The number of nitrogens with zero attached hydrogens (tertiary/aromatic N) is 3. The van der Waals surface area contributed by atoms with Gasteiger partial charge in [-0.1, -0.05) is 18.2 Å². The van der Waals surface area contributed by atoms with Crippen molar-refractivity contribution in [1.82, 2.24) is 14.9 Å². The number of rotatable bonds is 6. The summed E-state index contributed by atoms with van der Waals surface area (Å²) in [5.74, 6) is 3.10. The van der Waals surface area contributed by atoms with Gasteiger partial charge in [0.05, 0.1) is 5.69 Å². The van der Waals surface area contributed by atoms with Crippen LogP contribution in [0.5, 0.6) is 5.75 Å². The monoisotopic (exact) mass is 382 g/mol. The summed E-state index contributed by atoms with van der Waals surface area (Å²) in [5, 5.41) is 13.0. The van der Waals surface area contributed by atoms with Crippen LogP contribution in [0.4, 0.5) is 5.82 Å². The number of hydrogen-bond donors (Lipinski definition) is 2. The number of anilines is 1. The molecule has 2 aliphatic rings. The van der Waals surface area contributed by atoms with Crippen LogP contribution in [0.2, 0.25) is 0 Å². The molecule has 1 aromatic heterocycles. The standard InChI is InChI=1S/C22H30N4O2/c1-16-24-20-15-28-21-8-3-2-7-18(21)12-19(20)22(25-16)23-9-5-11-26-10-4-6-17(13-26)14-27/h2-3,7-8,17,27H,4-6,9-15H2,1H3,(H,23,24,25). The highest BCUT2D eigenvalue weighted by Crippen LogP contribution is 2.30. The smallest absolute Gasteiger partial charge is 0.133 e. The summed E-state index contributed by atoms with van der Waals surface area (Å²) in [4.78, 5) is 11.8. The van der Waals surface area contributed by atoms with Crippen LogP contribution < -0.4 is 10.1 Å². The number of likely N-dealkylation sites (tertiary alicyclic amines) is 1. The van der Waals surface area contributed by atoms with Gasteiger partial charge in [-0.3, -0.25) is 0 Å². The normalized spacial score (nSPS) is 19.3. The van der Waals surface area contributed by atoms with E-state index in [1.54, 1.807) is 0 Å². The van der Waals surface area contributed by atoms with Crippen LogP contribution in [0.3, 0.4) is 0 Å². The fraction of sp³-hybridized carbons (Fsp3) is 0.545. The summed E-state index contributed by atoms with van der Waals surface area (Å²) in [6.45, 7) is 6.84. The number of aryl methyl sites for hydroxylation is 1. The fourth-order valence-electron chi connectivity index (χ4n) is 4.25. The molecule has 0 bridgehead atoms. The first-order valence-electron chi connectivity index (χ1n) is 10.4. The van der Waals surface area contributed by atoms with Crippen LogP contribution in [-0.2, 0) is 13.0 Å². The molecule has 1 aromatic carbocycles. The van der Waals surface area contributed by atoms with E-state index in [4.69, 9.17) is 4.74 Å². The zero-order valence-electron chi connectivity index (χ0n) is 16.7. The van der Waals surface area contributed by atoms with E-state index in [0.29, 0.717) is 19.1 Å². The highest BCUT2D eigenvalue weighted by atomic mass is 16.5. The number of para-hydroxylation sites is 1. The lowest BCUT2D eigenvalue weighted by Crippen LogP contribution is -2.37. The zero-order chi connectivity index (χ0) is 19.3. The Morgan fingerprint density at radius 1 is 1.29 bits per heavy atom. The maximum Gasteiger partial charge on any atom is 0.133 e. The van der Waals surface area contributed by atoms with Gasteiger partial charge in [-0.2, -0.15) is 0 Å². The third kappa shape index (κ3) is 4.45. The topological polar surface area (TPSA) is 70.5 Å². The van der Waals surface area contributed by atoms with Gasteiger partial charge in [0, 0.05) is 31.7 Å². The van der Waals surface area contributed by atoms with Crippen molar-refractivity contribution in [2.45, 2.75) is 39.2 Å². The molecule has 1 unspecified atom stereocenters. The van der Waals surface area contributed by atoms with E-state index in [2.05, 4.69) is 26.3 Å². The van der Waals surface area contributed by atoms with Crippen molar-refractivity contribution in [3.63, 3.8) is 0 Å². The van der Waals surface area contributed by atoms with E-state index < -0.39 is 0 Å². The summed E-state index contributed by atoms with van der Waals surface area (Å²) >= 11 is 0. The van der Waals surface area contributed by atoms with Gasteiger partial charge in [0.25, 0.3) is 0 Å². The largest absolute Gasteiger partial charge is 0.487 e. The minimum atomic E-state index is 0.310. The molecule has 28 heavy (non-hydrogen) atoms. The Bertz CT molecular complexity index is 811. The minimum Gasteiger partial charge on any atom is -0.487 e. The lowest BCUT2D eigenvalue weighted by molar-refractivity contribution is 0.120. The predicted octanol–water partition coefficient (Wildman–Crippen LogP) is 2.77. The number of aromatic nitrogens is 2. The van der Waals surface area contributed by atoms with Crippen molar-refractivity contribution in [2.75, 3.05) is 38.1 Å². The minimum absolute atomic E-state index is 0.310. The summed E-state index contributed by atoms with van der Waals surface area (Å²) in [6.07, 6.45) is 4.19. The van der Waals surface area contributed by atoms with Gasteiger partial charge in [-0.25, -0.2) is 9.97 Å². The maximum atomic E-state index is 9.40. The first-order chi connectivity index (χ1) is 13.7. The highest BCUT2D eigenvalue weighted by Gasteiger charge is 2.21. The quantitative estimate of drug-likeness (QED) is 0.749. The molecule has 0 spiro atoms. The van der Waals surface area contributed by atoms with E-state index >= 15 is 0 Å². The highest BCUT2D eigenvalue weighted by molar-refractivity contribution is 5.52. The number of aliphatic hydroxyl groups is 1. The number of fused-ring (bicyclic) bond motifs is 2. The molecule has 6 heteroatoms. The van der Waals surface area contributed by atoms with E-state index in [0.717, 1.165) is 74.1 Å². The van der Waals surface area contributed by atoms with E-state index in [1.807, 2.05) is 25.1 Å². The van der Waals surface area contributed by atoms with E-state index in [9.17, 15) is 5.11 Å². The zero-order valence-corrected chi connectivity index (χ0v) is 16.7. The maximum absolute atomic E-state index is 9.40. The number of hydrogen-bond acceptors (Lipinski definition) is 6. The van der Waals surface area contributed by atoms with Gasteiger partial charge in [-0.05, 0) is 56.8 Å². The molecule has 1 atom stereocenters. The number of piperidine rings is 1. The Morgan fingerprint density at radius 3 is 3.07 bits per heavy atom. The lowest BCUT2D eigenvalue weighted by Gasteiger charge is -2.31. The average molecular weight is 383 g/mol. The second-order valence-electron chi connectivity index (χ2n) is 7.89. The number of aliphatic hydroxyl groups excluding tert-OH is 1. The molecule has 1 saturated heterocycles. The molecule has 2 N–H and O–H groups in total. The van der Waals surface area contributed by atoms with Crippen molar-refractivity contribution >= 4 is 5.82 Å². The van der Waals surface area contributed by atoms with Crippen LogP contribution >= 0.6 is 0 Å². The summed E-state index contributed by atoms with van der Waals surface area (Å²) in [5.41, 5.74) is 3.31. The second kappa shape index (κ2) is 8.88. The Kier molecular flexibility index (Phi) is 6.07. The summed E-state index contributed by atoms with van der Waals surface area (Å²) in [7, 11) is 0. The van der Waals surface area contributed by atoms with Crippen LogP contribution in [0.15, 0.2) is 24.3 Å². The van der Waals surface area contributed by atoms with Crippen LogP contribution in [0.25, 0.3) is 0 Å². The van der Waals surface area contributed by atoms with Gasteiger partial charge in [-0.15, -0.1) is 0 Å². The molecule has 2 aliphatic heterocycles. The van der Waals surface area contributed by atoms with Gasteiger partial charge >= 0.3 is 0 Å². The molecule has 6 nitrogen and oxygen atoms in total. The molecule has 1 fully saturated rings. The van der Waals surface area contributed by atoms with Crippen molar-refractivity contribution in [3.8, 4) is 5.75 Å². The number of benzene rings is 1. The van der Waals surface area contributed by atoms with E-state index in [1.165, 1.54) is 12.0 Å². The fourth-order valence-corrected chi connectivity index (χ4v) is 4.25. The van der Waals surface area contributed by atoms with Crippen molar-refractivity contribution < 1.29 is 9.84 Å². The average Bonchev–Trinajstić information content (AvgIpc) is 2.91. The summed E-state index contributed by atoms with van der Waals surface area (Å²) in [6, 6.07) is 8.19. The first kappa shape index (κ1) is 19.2. The molecule has 0 amide bonds. The molecule has 4 rings (SSSR count). The lowest BCUT2D eigenvalue weighted by atomic mass is 9.99. The Balaban J connectivity index is 1.39. The van der Waals surface area contributed by atoms with Crippen molar-refractivity contribution in [3.05, 3.63) is 46.9 Å². The van der Waals surface area contributed by atoms with Crippen LogP contribution in [-0.4, -0.2) is 52.8 Å². The first-order valence-corrected chi connectivity index (χ1v) is 10.4. The van der Waals surface area contributed by atoms with Crippen LogP contribution in [0.1, 0.15) is 41.9 Å². The molecular formula is C22H30N4O2. The van der Waals surface area contributed by atoms with Gasteiger partial charge in [0.15, 0.2) is 0 Å². The molecule has 150 valence electrons. The van der Waals surface area contributed by atoms with E-state index in [-0.39, 0.29) is 0 Å². The number of ether oxygens (including phenoxy) is 1. The molecule has 0 aliphatic carbocycles. The summed E-state index contributed by atoms with van der Waals surface area (Å²) < 4.78 is 5.97. The Hall–Kier alpha value is -2.18.